The fourth-order valence-corrected chi connectivity index (χ4v) is 2.80. The Balaban J connectivity index is 2.02. The van der Waals surface area contributed by atoms with Gasteiger partial charge in [0.05, 0.1) is 5.57 Å². The first-order valence-corrected chi connectivity index (χ1v) is 7.92. The van der Waals surface area contributed by atoms with Gasteiger partial charge in [0.1, 0.15) is 11.6 Å². The molecule has 0 unspecified atom stereocenters. The molecule has 24 heavy (non-hydrogen) atoms. The van der Waals surface area contributed by atoms with Crippen LogP contribution in [0.5, 0.6) is 0 Å². The summed E-state index contributed by atoms with van der Waals surface area (Å²) in [7, 11) is 0. The minimum absolute atomic E-state index is 0.0819. The molecule has 0 saturated heterocycles. The van der Waals surface area contributed by atoms with Crippen LogP contribution in [0.1, 0.15) is 11.1 Å². The molecule has 1 aliphatic rings. The van der Waals surface area contributed by atoms with Crippen molar-refractivity contribution in [3.63, 3.8) is 0 Å². The molecule has 2 N–H and O–H groups in total. The number of nitrogens with zero attached hydrogens (tertiary/aromatic N) is 1. The average molecular weight is 382 g/mol. The molecule has 118 valence electrons. The van der Waals surface area contributed by atoms with E-state index in [0.717, 1.165) is 10.0 Å². The Labute approximate surface area is 147 Å². The highest BCUT2D eigenvalue weighted by atomic mass is 79.9. The van der Waals surface area contributed by atoms with Gasteiger partial charge < -0.3 is 10.6 Å². The number of nitriles is 1. The highest BCUT2D eigenvalue weighted by molar-refractivity contribution is 9.10. The second-order valence-electron chi connectivity index (χ2n) is 5.33. The van der Waals surface area contributed by atoms with E-state index in [0.29, 0.717) is 16.9 Å². The maximum Gasteiger partial charge on any atom is 0.267 e. The number of benzene rings is 2. The van der Waals surface area contributed by atoms with Crippen LogP contribution in [-0.2, 0) is 9.59 Å². The topological polar surface area (TPSA) is 82.0 Å². The van der Waals surface area contributed by atoms with Gasteiger partial charge in [-0.15, -0.1) is 0 Å². The summed E-state index contributed by atoms with van der Waals surface area (Å²) >= 11 is 3.34. The van der Waals surface area contributed by atoms with Crippen LogP contribution in [0, 0.1) is 18.3 Å². The Morgan fingerprint density at radius 3 is 2.58 bits per heavy atom. The largest absolute Gasteiger partial charge is 0.321 e. The van der Waals surface area contributed by atoms with Crippen molar-refractivity contribution < 1.29 is 9.59 Å². The molecule has 0 aromatic heterocycles. The van der Waals surface area contributed by atoms with E-state index in [1.54, 1.807) is 30.3 Å². The molecule has 0 spiro atoms. The maximum atomic E-state index is 12.5. The number of carbonyl (C=O) groups excluding carboxylic acids is 2. The highest BCUT2D eigenvalue weighted by Gasteiger charge is 2.30. The van der Waals surface area contributed by atoms with Gasteiger partial charge in [0.2, 0.25) is 0 Å². The number of amides is 2. The summed E-state index contributed by atoms with van der Waals surface area (Å²) in [6.07, 6.45) is 0. The third-order valence-corrected chi connectivity index (χ3v) is 4.12. The van der Waals surface area contributed by atoms with Crippen LogP contribution in [0.25, 0.3) is 5.57 Å². The predicted octanol–water partition coefficient (Wildman–Crippen LogP) is 3.63. The van der Waals surface area contributed by atoms with E-state index < -0.39 is 11.8 Å². The number of hydrogen-bond donors (Lipinski definition) is 2. The lowest BCUT2D eigenvalue weighted by molar-refractivity contribution is -0.113. The van der Waals surface area contributed by atoms with Gasteiger partial charge >= 0.3 is 0 Å². The van der Waals surface area contributed by atoms with Crippen LogP contribution >= 0.6 is 15.9 Å². The van der Waals surface area contributed by atoms with Crippen LogP contribution in [0.15, 0.2) is 52.5 Å². The smallest absolute Gasteiger partial charge is 0.267 e. The van der Waals surface area contributed by atoms with E-state index in [4.69, 9.17) is 0 Å². The third kappa shape index (κ3) is 2.94. The van der Waals surface area contributed by atoms with Crippen molar-refractivity contribution in [1.29, 1.82) is 5.26 Å². The number of hydrogen-bond acceptors (Lipinski definition) is 3. The quantitative estimate of drug-likeness (QED) is 0.615. The van der Waals surface area contributed by atoms with E-state index >= 15 is 0 Å². The average Bonchev–Trinajstić information content (AvgIpc) is 2.86. The van der Waals surface area contributed by atoms with Crippen molar-refractivity contribution in [3.8, 4) is 6.07 Å². The Bertz CT molecular complexity index is 924. The van der Waals surface area contributed by atoms with Gasteiger partial charge in [-0.1, -0.05) is 33.6 Å². The van der Waals surface area contributed by atoms with Crippen LogP contribution in [-0.4, -0.2) is 11.8 Å². The fourth-order valence-electron chi connectivity index (χ4n) is 2.44. The summed E-state index contributed by atoms with van der Waals surface area (Å²) < 4.78 is 0.756. The Morgan fingerprint density at radius 1 is 1.21 bits per heavy atom. The van der Waals surface area contributed by atoms with Crippen molar-refractivity contribution in [2.24, 2.45) is 0 Å². The summed E-state index contributed by atoms with van der Waals surface area (Å²) in [5, 5.41) is 14.8. The second-order valence-corrected chi connectivity index (χ2v) is 6.24. The zero-order valence-corrected chi connectivity index (χ0v) is 14.3. The van der Waals surface area contributed by atoms with Gasteiger partial charge in [0, 0.05) is 21.4 Å². The molecule has 2 aromatic rings. The van der Waals surface area contributed by atoms with Crippen LogP contribution in [0.4, 0.5) is 11.4 Å². The lowest BCUT2D eigenvalue weighted by atomic mass is 10.0. The van der Waals surface area contributed by atoms with Gasteiger partial charge in [-0.3, -0.25) is 9.59 Å². The minimum Gasteiger partial charge on any atom is -0.321 e. The summed E-state index contributed by atoms with van der Waals surface area (Å²) in [4.78, 5) is 24.7. The molecular weight excluding hydrogens is 370 g/mol. The first kappa shape index (κ1) is 16.0. The standard InChI is InChI=1S/C18H12BrN3O2/c1-10-2-5-12(6-3-10)21-17(23)14(9-20)16-13-8-11(19)4-7-15(13)22-18(16)24/h2-8H,1H3,(H,21,23)(H,22,24)/b16-14-. The van der Waals surface area contributed by atoms with Gasteiger partial charge in [0.25, 0.3) is 11.8 Å². The Kier molecular flexibility index (Phi) is 4.19. The molecule has 1 heterocycles. The molecule has 5 nitrogen and oxygen atoms in total. The van der Waals surface area contributed by atoms with Gasteiger partial charge in [-0.25, -0.2) is 0 Å². The maximum absolute atomic E-state index is 12.5. The van der Waals surface area contributed by atoms with Crippen LogP contribution in [0.2, 0.25) is 0 Å². The van der Waals surface area contributed by atoms with Crippen molar-refractivity contribution in [1.82, 2.24) is 0 Å². The number of nitrogens with one attached hydrogen (secondary N) is 2. The first-order chi connectivity index (χ1) is 11.5. The van der Waals surface area contributed by atoms with E-state index in [9.17, 15) is 14.9 Å². The monoisotopic (exact) mass is 381 g/mol. The summed E-state index contributed by atoms with van der Waals surface area (Å²) in [6.45, 7) is 1.94. The number of aryl methyl sites for hydroxylation is 1. The molecular formula is C18H12BrN3O2. The molecule has 0 bridgehead atoms. The molecule has 2 amide bonds. The van der Waals surface area contributed by atoms with E-state index in [2.05, 4.69) is 26.6 Å². The number of fused-ring (bicyclic) bond motifs is 1. The Morgan fingerprint density at radius 2 is 1.92 bits per heavy atom. The normalized spacial score (nSPS) is 14.5. The Hall–Kier alpha value is -2.91. The summed E-state index contributed by atoms with van der Waals surface area (Å²) in [5.74, 6) is -1.07. The van der Waals surface area contributed by atoms with Crippen molar-refractivity contribution >= 4 is 44.7 Å². The minimum atomic E-state index is -0.612. The summed E-state index contributed by atoms with van der Waals surface area (Å²) in [5.41, 5.74) is 2.59. The number of rotatable bonds is 2. The molecule has 0 radical (unpaired) electrons. The lowest BCUT2D eigenvalue weighted by Crippen LogP contribution is -2.17. The van der Waals surface area contributed by atoms with Crippen molar-refractivity contribution in [2.45, 2.75) is 6.92 Å². The SMILES string of the molecule is Cc1ccc(NC(=O)/C(C#N)=C2\C(=O)Nc3ccc(Br)cc32)cc1. The van der Waals surface area contributed by atoms with Crippen LogP contribution < -0.4 is 10.6 Å². The van der Waals surface area contributed by atoms with Gasteiger partial charge in [0.15, 0.2) is 0 Å². The second kappa shape index (κ2) is 6.30. The van der Waals surface area contributed by atoms with E-state index in [1.807, 2.05) is 25.1 Å². The molecule has 2 aromatic carbocycles. The fraction of sp³-hybridized carbons (Fsp3) is 0.0556. The van der Waals surface area contributed by atoms with E-state index in [1.165, 1.54) is 0 Å². The summed E-state index contributed by atoms with van der Waals surface area (Å²) in [6, 6.07) is 14.2. The van der Waals surface area contributed by atoms with E-state index in [-0.39, 0.29) is 11.1 Å². The van der Waals surface area contributed by atoms with Gasteiger partial charge in [-0.2, -0.15) is 5.26 Å². The molecule has 6 heteroatoms. The zero-order valence-electron chi connectivity index (χ0n) is 12.7. The molecule has 0 atom stereocenters. The molecule has 1 aliphatic heterocycles. The number of halogens is 1. The molecule has 0 saturated carbocycles. The molecule has 3 rings (SSSR count). The lowest BCUT2D eigenvalue weighted by Gasteiger charge is -2.06. The number of anilines is 2. The first-order valence-electron chi connectivity index (χ1n) is 7.13. The molecule has 0 aliphatic carbocycles. The highest BCUT2D eigenvalue weighted by Crippen LogP contribution is 2.35. The van der Waals surface area contributed by atoms with Crippen molar-refractivity contribution in [2.75, 3.05) is 10.6 Å². The van der Waals surface area contributed by atoms with Crippen molar-refractivity contribution in [3.05, 3.63) is 63.6 Å². The van der Waals surface area contributed by atoms with Crippen LogP contribution in [0.3, 0.4) is 0 Å². The third-order valence-electron chi connectivity index (χ3n) is 3.62. The molecule has 0 fully saturated rings. The zero-order chi connectivity index (χ0) is 17.3. The van der Waals surface area contributed by atoms with Gasteiger partial charge in [-0.05, 0) is 37.3 Å². The predicted molar refractivity (Wildman–Crippen MR) is 95.1 cm³/mol. The number of carbonyl (C=O) groups is 2.